The molecule has 2 aliphatic rings. The summed E-state index contributed by atoms with van der Waals surface area (Å²) in [4.78, 5) is 40.2. The third-order valence-electron chi connectivity index (χ3n) is 7.78. The van der Waals surface area contributed by atoms with Crippen LogP contribution < -0.4 is 15.4 Å². The highest BCUT2D eigenvalue weighted by atomic mass is 35.5. The standard InChI is InChI=1S/C28H31ClF2N6O5S.CH2O2/c1-35-22(20-5-6-23(42-2)25(31)24(20)30)16-33-26(35)27(38)34-17-3-4-19(21(29)15-17)28(39)36-11-13-37(14-12-36)43(40,41)18-7-9-32-10-8-18;2-1-3/h3-6,15-16,18,32H,7-14H2,1-2H3,(H,34,38);1H,(H,2,3). The maximum atomic E-state index is 14.6. The number of ether oxygens (including phenoxy) is 1. The monoisotopic (exact) mass is 682 g/mol. The average Bonchev–Trinajstić information content (AvgIpc) is 3.43. The van der Waals surface area contributed by atoms with Crippen LogP contribution in [0.4, 0.5) is 14.5 Å². The van der Waals surface area contributed by atoms with Crippen LogP contribution in [-0.4, -0.2) is 102 Å². The van der Waals surface area contributed by atoms with E-state index in [1.54, 1.807) is 4.90 Å². The lowest BCUT2D eigenvalue weighted by atomic mass is 10.1. The number of anilines is 1. The van der Waals surface area contributed by atoms with Gasteiger partial charge in [-0.2, -0.15) is 8.70 Å². The fraction of sp³-hybridized carbons (Fsp3) is 0.379. The van der Waals surface area contributed by atoms with Crippen LogP contribution in [-0.2, 0) is 21.9 Å². The molecule has 2 amide bonds. The number of hydrogen-bond donors (Lipinski definition) is 3. The predicted molar refractivity (Wildman–Crippen MR) is 165 cm³/mol. The number of sulfonamides is 1. The Morgan fingerprint density at radius 3 is 2.37 bits per heavy atom. The third-order valence-corrected chi connectivity index (χ3v) is 10.5. The number of nitrogens with one attached hydrogen (secondary N) is 2. The van der Waals surface area contributed by atoms with Crippen LogP contribution in [0.25, 0.3) is 11.3 Å². The minimum absolute atomic E-state index is 0.0702. The Labute approximate surface area is 269 Å². The summed E-state index contributed by atoms with van der Waals surface area (Å²) in [6.45, 7) is 1.98. The topological polar surface area (TPSA) is 163 Å². The van der Waals surface area contributed by atoms with E-state index in [0.29, 0.717) is 25.9 Å². The molecule has 248 valence electrons. The molecule has 2 aromatic carbocycles. The molecule has 0 saturated carbocycles. The number of piperazine rings is 1. The number of imidazole rings is 1. The summed E-state index contributed by atoms with van der Waals surface area (Å²) < 4.78 is 62.5. The van der Waals surface area contributed by atoms with Gasteiger partial charge in [0.15, 0.2) is 17.4 Å². The minimum Gasteiger partial charge on any atom is -0.494 e. The first-order valence-corrected chi connectivity index (χ1v) is 16.0. The van der Waals surface area contributed by atoms with E-state index < -0.39 is 32.8 Å². The molecule has 0 aliphatic carbocycles. The van der Waals surface area contributed by atoms with Gasteiger partial charge in [0.25, 0.3) is 18.3 Å². The number of nitrogens with zero attached hydrogens (tertiary/aromatic N) is 4. The number of carbonyl (C=O) groups is 3. The van der Waals surface area contributed by atoms with Gasteiger partial charge in [-0.1, -0.05) is 11.6 Å². The van der Waals surface area contributed by atoms with E-state index in [2.05, 4.69) is 15.6 Å². The van der Waals surface area contributed by atoms with E-state index in [9.17, 15) is 26.8 Å². The lowest BCUT2D eigenvalue weighted by Crippen LogP contribution is -2.53. The molecular weight excluding hydrogens is 650 g/mol. The Hall–Kier alpha value is -4.12. The van der Waals surface area contributed by atoms with Gasteiger partial charge in [-0.05, 0) is 56.3 Å². The Morgan fingerprint density at radius 2 is 1.76 bits per heavy atom. The van der Waals surface area contributed by atoms with Gasteiger partial charge in [0.2, 0.25) is 15.8 Å². The normalized spacial score (nSPS) is 15.9. The van der Waals surface area contributed by atoms with E-state index in [4.69, 9.17) is 26.2 Å². The second-order valence-corrected chi connectivity index (χ2v) is 13.0. The first kappa shape index (κ1) is 34.7. The number of carboxylic acid groups (broad SMARTS) is 1. The molecular formula is C29H33ClF2N6O7S. The number of carbonyl (C=O) groups excluding carboxylic acids is 2. The van der Waals surface area contributed by atoms with Gasteiger partial charge in [-0.15, -0.1) is 0 Å². The Balaban J connectivity index is 0.00000154. The average molecular weight is 683 g/mol. The molecule has 0 atom stereocenters. The van der Waals surface area contributed by atoms with Crippen LogP contribution in [0.1, 0.15) is 33.8 Å². The van der Waals surface area contributed by atoms with Crippen molar-refractivity contribution in [2.45, 2.75) is 18.1 Å². The number of halogens is 3. The van der Waals surface area contributed by atoms with Crippen LogP contribution in [0.3, 0.4) is 0 Å². The van der Waals surface area contributed by atoms with Gasteiger partial charge in [-0.3, -0.25) is 14.4 Å². The van der Waals surface area contributed by atoms with Crippen molar-refractivity contribution in [2.24, 2.45) is 7.05 Å². The summed E-state index contributed by atoms with van der Waals surface area (Å²) in [6.07, 6.45) is 2.40. The Kier molecular flexibility index (Phi) is 11.3. The van der Waals surface area contributed by atoms with E-state index in [1.807, 2.05) is 0 Å². The van der Waals surface area contributed by atoms with Crippen molar-refractivity contribution >= 4 is 45.6 Å². The number of hydrogen-bond acceptors (Lipinski definition) is 8. The van der Waals surface area contributed by atoms with E-state index in [1.165, 1.54) is 59.6 Å². The number of aromatic nitrogens is 2. The molecule has 3 aromatic rings. The van der Waals surface area contributed by atoms with Gasteiger partial charge in [0.1, 0.15) is 0 Å². The molecule has 2 fully saturated rings. The van der Waals surface area contributed by atoms with E-state index in [0.717, 1.165) is 0 Å². The van der Waals surface area contributed by atoms with Crippen molar-refractivity contribution in [3.63, 3.8) is 0 Å². The van der Waals surface area contributed by atoms with Crippen LogP contribution in [0.2, 0.25) is 5.02 Å². The van der Waals surface area contributed by atoms with Gasteiger partial charge < -0.3 is 29.9 Å². The molecule has 0 spiro atoms. The summed E-state index contributed by atoms with van der Waals surface area (Å²) in [7, 11) is -0.711. The highest BCUT2D eigenvalue weighted by molar-refractivity contribution is 7.89. The minimum atomic E-state index is -3.43. The largest absolute Gasteiger partial charge is 0.494 e. The zero-order chi connectivity index (χ0) is 33.6. The number of piperidine rings is 1. The molecule has 3 heterocycles. The maximum Gasteiger partial charge on any atom is 0.291 e. The van der Waals surface area contributed by atoms with Crippen molar-refractivity contribution in [1.82, 2.24) is 24.1 Å². The SMILES string of the molecule is COc1ccc(-c2cnc(C(=O)Nc3ccc(C(=O)N4CCN(S(=O)(=O)C5CCNCC5)CC4)c(Cl)c3)n2C)c(F)c1F.O=CO. The number of methoxy groups -OCH3 is 1. The van der Waals surface area contributed by atoms with Gasteiger partial charge in [0.05, 0.1) is 34.8 Å². The molecule has 0 unspecified atom stereocenters. The molecule has 2 saturated heterocycles. The fourth-order valence-corrected chi connectivity index (χ4v) is 7.52. The Bertz CT molecular complexity index is 1710. The lowest BCUT2D eigenvalue weighted by Gasteiger charge is -2.36. The highest BCUT2D eigenvalue weighted by Crippen LogP contribution is 2.30. The first-order valence-electron chi connectivity index (χ1n) is 14.2. The van der Waals surface area contributed by atoms with Crippen molar-refractivity contribution < 1.29 is 41.4 Å². The van der Waals surface area contributed by atoms with Gasteiger partial charge in [-0.25, -0.2) is 17.8 Å². The zero-order valence-corrected chi connectivity index (χ0v) is 26.6. The summed E-state index contributed by atoms with van der Waals surface area (Å²) in [5, 5.41) is 12.4. The molecule has 0 bridgehead atoms. The third kappa shape index (κ3) is 7.30. The second-order valence-electron chi connectivity index (χ2n) is 10.4. The van der Waals surface area contributed by atoms with Crippen LogP contribution in [0.5, 0.6) is 5.75 Å². The summed E-state index contributed by atoms with van der Waals surface area (Å²) in [5.74, 6) is -3.58. The highest BCUT2D eigenvalue weighted by Gasteiger charge is 2.36. The first-order chi connectivity index (χ1) is 21.9. The summed E-state index contributed by atoms with van der Waals surface area (Å²) in [6, 6.07) is 7.03. The molecule has 5 rings (SSSR count). The summed E-state index contributed by atoms with van der Waals surface area (Å²) in [5.41, 5.74) is 0.580. The lowest BCUT2D eigenvalue weighted by molar-refractivity contribution is -0.122. The van der Waals surface area contributed by atoms with Crippen molar-refractivity contribution in [1.29, 1.82) is 0 Å². The summed E-state index contributed by atoms with van der Waals surface area (Å²) >= 11 is 6.43. The molecule has 13 nitrogen and oxygen atoms in total. The number of benzene rings is 2. The fourth-order valence-electron chi connectivity index (χ4n) is 5.33. The van der Waals surface area contributed by atoms with Crippen LogP contribution in [0.15, 0.2) is 36.5 Å². The molecule has 1 aromatic heterocycles. The molecule has 3 N–H and O–H groups in total. The number of rotatable bonds is 7. The van der Waals surface area contributed by atoms with Crippen molar-refractivity contribution in [3.05, 3.63) is 64.6 Å². The Morgan fingerprint density at radius 1 is 1.11 bits per heavy atom. The van der Waals surface area contributed by atoms with E-state index in [-0.39, 0.29) is 77.7 Å². The van der Waals surface area contributed by atoms with E-state index >= 15 is 0 Å². The molecule has 17 heteroatoms. The quantitative estimate of drug-likeness (QED) is 0.318. The smallest absolute Gasteiger partial charge is 0.291 e. The van der Waals surface area contributed by atoms with Crippen LogP contribution in [0, 0.1) is 11.6 Å². The van der Waals surface area contributed by atoms with Crippen molar-refractivity contribution in [3.8, 4) is 17.0 Å². The van der Waals surface area contributed by atoms with Crippen LogP contribution >= 0.6 is 11.6 Å². The zero-order valence-electron chi connectivity index (χ0n) is 25.0. The second kappa shape index (κ2) is 15.0. The van der Waals surface area contributed by atoms with Gasteiger partial charge in [0, 0.05) is 44.5 Å². The maximum absolute atomic E-state index is 14.6. The predicted octanol–water partition coefficient (Wildman–Crippen LogP) is 2.82. The van der Waals surface area contributed by atoms with Gasteiger partial charge >= 0.3 is 0 Å². The molecule has 46 heavy (non-hydrogen) atoms. The molecule has 0 radical (unpaired) electrons. The van der Waals surface area contributed by atoms with Crippen molar-refractivity contribution in [2.75, 3.05) is 51.7 Å². The molecule has 2 aliphatic heterocycles. The number of amides is 2.